The smallest absolute Gasteiger partial charge is 0.176 e. The molecule has 0 unspecified atom stereocenters. The van der Waals surface area contributed by atoms with Crippen molar-refractivity contribution in [1.29, 1.82) is 0 Å². The summed E-state index contributed by atoms with van der Waals surface area (Å²) in [6, 6.07) is 11.5. The molecule has 142 valence electrons. The van der Waals surface area contributed by atoms with Crippen LogP contribution >= 0.6 is 11.6 Å². The quantitative estimate of drug-likeness (QED) is 0.460. The molecule has 6 heteroatoms. The molecule has 1 aromatic heterocycles. The van der Waals surface area contributed by atoms with Gasteiger partial charge in [0.2, 0.25) is 0 Å². The highest BCUT2D eigenvalue weighted by atomic mass is 35.5. The van der Waals surface area contributed by atoms with Crippen LogP contribution < -0.4 is 5.32 Å². The van der Waals surface area contributed by atoms with Crippen molar-refractivity contribution >= 4 is 28.3 Å². The highest BCUT2D eigenvalue weighted by Gasteiger charge is 2.28. The molecule has 3 N–H and O–H groups in total. The number of hydrogen-bond acceptors (Lipinski definition) is 5. The van der Waals surface area contributed by atoms with Crippen molar-refractivity contribution in [2.75, 3.05) is 13.2 Å². The van der Waals surface area contributed by atoms with Crippen LogP contribution in [0.2, 0.25) is 5.02 Å². The Hall–Kier alpha value is -2.76. The van der Waals surface area contributed by atoms with Gasteiger partial charge in [0.25, 0.3) is 0 Å². The number of aromatic hydroxyl groups is 1. The minimum Gasteiger partial charge on any atom is -0.505 e. The van der Waals surface area contributed by atoms with Crippen LogP contribution in [0.4, 0.5) is 0 Å². The van der Waals surface area contributed by atoms with E-state index < -0.39 is 0 Å². The zero-order valence-corrected chi connectivity index (χ0v) is 15.9. The largest absolute Gasteiger partial charge is 0.505 e. The van der Waals surface area contributed by atoms with Gasteiger partial charge in [0.1, 0.15) is 12.4 Å². The molecular weight excluding hydrogens is 376 g/mol. The monoisotopic (exact) mass is 394 g/mol. The van der Waals surface area contributed by atoms with Crippen molar-refractivity contribution in [1.82, 2.24) is 10.3 Å². The lowest BCUT2D eigenvalue weighted by Gasteiger charge is -2.21. The van der Waals surface area contributed by atoms with Crippen LogP contribution in [0.5, 0.6) is 5.75 Å². The predicted molar refractivity (Wildman–Crippen MR) is 109 cm³/mol. The van der Waals surface area contributed by atoms with E-state index in [1.54, 1.807) is 0 Å². The van der Waals surface area contributed by atoms with Gasteiger partial charge in [0.05, 0.1) is 16.8 Å². The number of fused-ring (bicyclic) bond motifs is 3. The summed E-state index contributed by atoms with van der Waals surface area (Å²) in [5.41, 5.74) is 5.09. The number of aliphatic hydroxyl groups is 1. The summed E-state index contributed by atoms with van der Waals surface area (Å²) >= 11 is 5.99. The number of nitrogens with one attached hydrogen (secondary N) is 1. The molecule has 3 aromatic rings. The third-order valence-corrected chi connectivity index (χ3v) is 5.61. The van der Waals surface area contributed by atoms with E-state index in [-0.39, 0.29) is 11.5 Å². The zero-order chi connectivity index (χ0) is 19.3. The number of nitrogens with zero attached hydrogens (tertiary/aromatic N) is 1. The van der Waals surface area contributed by atoms with Gasteiger partial charge in [-0.1, -0.05) is 35.9 Å². The first-order valence-corrected chi connectivity index (χ1v) is 9.66. The molecule has 2 aliphatic rings. The molecular formula is C22H19ClN2O3. The number of hydrogen-bond donors (Lipinski definition) is 3. The second-order valence-corrected chi connectivity index (χ2v) is 7.61. The Morgan fingerprint density at radius 1 is 1.18 bits per heavy atom. The molecule has 0 aliphatic carbocycles. The zero-order valence-electron chi connectivity index (χ0n) is 15.1. The number of benzene rings is 2. The summed E-state index contributed by atoms with van der Waals surface area (Å²) in [7, 11) is 0. The van der Waals surface area contributed by atoms with E-state index in [0.29, 0.717) is 35.1 Å². The van der Waals surface area contributed by atoms with Gasteiger partial charge in [-0.2, -0.15) is 0 Å². The van der Waals surface area contributed by atoms with E-state index >= 15 is 0 Å². The fourth-order valence-electron chi connectivity index (χ4n) is 3.81. The number of epoxide rings is 1. The Morgan fingerprint density at radius 2 is 1.96 bits per heavy atom. The summed E-state index contributed by atoms with van der Waals surface area (Å²) in [6.45, 7) is 2.04. The van der Waals surface area contributed by atoms with Gasteiger partial charge in [0.15, 0.2) is 11.5 Å². The molecule has 0 spiro atoms. The first kappa shape index (κ1) is 17.3. The average molecular weight is 395 g/mol. The van der Waals surface area contributed by atoms with E-state index in [2.05, 4.69) is 11.4 Å². The van der Waals surface area contributed by atoms with E-state index in [1.165, 1.54) is 5.56 Å². The maximum Gasteiger partial charge on any atom is 0.176 e. The molecule has 0 bridgehead atoms. The van der Waals surface area contributed by atoms with Crippen LogP contribution in [0.15, 0.2) is 42.2 Å². The Kier molecular flexibility index (Phi) is 4.14. The van der Waals surface area contributed by atoms with Crippen LogP contribution in [0, 0.1) is 0 Å². The first-order chi connectivity index (χ1) is 13.6. The van der Waals surface area contributed by atoms with Gasteiger partial charge in [-0.15, -0.1) is 0 Å². The maximum absolute atomic E-state index is 11.0. The normalized spacial score (nSPS) is 17.2. The van der Waals surface area contributed by atoms with E-state index in [0.717, 1.165) is 41.5 Å². The highest BCUT2D eigenvalue weighted by Crippen LogP contribution is 2.40. The minimum atomic E-state index is -0.00836. The molecule has 1 saturated heterocycles. The van der Waals surface area contributed by atoms with Crippen LogP contribution in [0.25, 0.3) is 16.7 Å². The highest BCUT2D eigenvalue weighted by molar-refractivity contribution is 6.30. The van der Waals surface area contributed by atoms with Gasteiger partial charge in [0, 0.05) is 23.4 Å². The number of ether oxygens (including phenoxy) is 1. The van der Waals surface area contributed by atoms with Crippen molar-refractivity contribution < 1.29 is 14.9 Å². The minimum absolute atomic E-state index is 0.00771. The molecule has 0 amide bonds. The van der Waals surface area contributed by atoms with Crippen molar-refractivity contribution in [2.24, 2.45) is 0 Å². The van der Waals surface area contributed by atoms with Crippen molar-refractivity contribution in [3.05, 3.63) is 75.1 Å². The Balaban J connectivity index is 1.74. The molecule has 5 rings (SSSR count). The second kappa shape index (κ2) is 6.69. The summed E-state index contributed by atoms with van der Waals surface area (Å²) in [5.74, 6) is 0.480. The van der Waals surface area contributed by atoms with Gasteiger partial charge in [-0.25, -0.2) is 4.98 Å². The lowest BCUT2D eigenvalue weighted by Crippen LogP contribution is -2.24. The van der Waals surface area contributed by atoms with Gasteiger partial charge in [-0.3, -0.25) is 0 Å². The van der Waals surface area contributed by atoms with Crippen LogP contribution in [0.3, 0.4) is 0 Å². The lowest BCUT2D eigenvalue weighted by molar-refractivity contribution is 0.445. The van der Waals surface area contributed by atoms with Crippen LogP contribution in [0.1, 0.15) is 27.9 Å². The van der Waals surface area contributed by atoms with Crippen LogP contribution in [-0.2, 0) is 24.1 Å². The van der Waals surface area contributed by atoms with E-state index in [9.17, 15) is 10.2 Å². The Bertz CT molecular complexity index is 1120. The van der Waals surface area contributed by atoms with Gasteiger partial charge in [-0.05, 0) is 41.8 Å². The average Bonchev–Trinajstić information content (AvgIpc) is 3.55. The third-order valence-electron chi connectivity index (χ3n) is 5.35. The summed E-state index contributed by atoms with van der Waals surface area (Å²) in [4.78, 5) is 4.83. The Morgan fingerprint density at radius 3 is 2.71 bits per heavy atom. The van der Waals surface area contributed by atoms with Gasteiger partial charge >= 0.3 is 0 Å². The summed E-state index contributed by atoms with van der Waals surface area (Å²) in [5, 5.41) is 26.5. The van der Waals surface area contributed by atoms with Crippen molar-refractivity contribution in [2.45, 2.75) is 19.4 Å². The number of pyridine rings is 1. The summed E-state index contributed by atoms with van der Waals surface area (Å²) in [6.07, 6.45) is 1.37. The fraction of sp³-hybridized carbons (Fsp3) is 0.227. The molecule has 0 radical (unpaired) electrons. The fourth-order valence-corrected chi connectivity index (χ4v) is 3.93. The topological polar surface area (TPSA) is 77.9 Å². The third kappa shape index (κ3) is 2.97. The summed E-state index contributed by atoms with van der Waals surface area (Å²) < 4.78 is 5.18. The lowest BCUT2D eigenvalue weighted by atomic mass is 9.93. The van der Waals surface area contributed by atoms with E-state index in [1.807, 2.05) is 30.3 Å². The van der Waals surface area contributed by atoms with Crippen molar-refractivity contribution in [3.8, 4) is 5.75 Å². The predicted octanol–water partition coefficient (Wildman–Crippen LogP) is 4.09. The second-order valence-electron chi connectivity index (χ2n) is 7.17. The maximum atomic E-state index is 11.0. The number of aliphatic hydroxyl groups excluding tert-OH is 1. The number of rotatable bonds is 3. The number of halogens is 1. The van der Waals surface area contributed by atoms with E-state index in [4.69, 9.17) is 21.3 Å². The molecule has 2 aliphatic heterocycles. The standard InChI is InChI=1S/C22H19ClN2O3/c23-14-4-1-12(2-5-14)9-17-21(26)19(22(27)18-11-28-18)15-6-3-13-7-8-24-10-16(13)20(15)25-17/h1-6,24,26-27H,7-11H2. The van der Waals surface area contributed by atoms with Crippen molar-refractivity contribution in [3.63, 3.8) is 0 Å². The Labute approximate surface area is 167 Å². The molecule has 2 aromatic carbocycles. The first-order valence-electron chi connectivity index (χ1n) is 9.28. The molecule has 0 atom stereocenters. The molecule has 0 saturated carbocycles. The SMILES string of the molecule is OC(=C1CO1)c1c(O)c(Cc2ccc(Cl)cc2)nc2c3c(ccc12)CCNC3. The molecule has 1 fully saturated rings. The molecule has 5 nitrogen and oxygen atoms in total. The number of aromatic nitrogens is 1. The van der Waals surface area contributed by atoms with Crippen LogP contribution in [-0.4, -0.2) is 28.3 Å². The van der Waals surface area contributed by atoms with Gasteiger partial charge < -0.3 is 20.3 Å². The molecule has 28 heavy (non-hydrogen) atoms. The molecule has 3 heterocycles.